The number of fused-ring (bicyclic) bond motifs is 1. The lowest BCUT2D eigenvalue weighted by Crippen LogP contribution is -1.98. The van der Waals surface area contributed by atoms with Crippen molar-refractivity contribution in [2.45, 2.75) is 0 Å². The van der Waals surface area contributed by atoms with Gasteiger partial charge in [-0.25, -0.2) is 4.98 Å². The largest absolute Gasteiger partial charge is 0.269 e. The third-order valence-electron chi connectivity index (χ3n) is 2.51. The maximum atomic E-state index is 10.6. The average Bonchev–Trinajstić information content (AvgIpc) is 2.82. The Morgan fingerprint density at radius 2 is 1.94 bits per heavy atom. The Morgan fingerprint density at radius 3 is 2.67 bits per heavy atom. The molecule has 0 saturated carbocycles. The van der Waals surface area contributed by atoms with E-state index in [2.05, 4.69) is 15.3 Å². The standard InChI is InChI=1S/C11H7N5O2/c17-16(18)9-5-3-8(4-6-9)15-11-10(13-14-15)2-1-7-12-11/h1-7H. The first kappa shape index (κ1) is 10.3. The van der Waals surface area contributed by atoms with E-state index in [0.717, 1.165) is 0 Å². The summed E-state index contributed by atoms with van der Waals surface area (Å²) in [7, 11) is 0. The summed E-state index contributed by atoms with van der Waals surface area (Å²) in [4.78, 5) is 14.3. The van der Waals surface area contributed by atoms with Gasteiger partial charge in [0, 0.05) is 18.3 Å². The van der Waals surface area contributed by atoms with Crippen molar-refractivity contribution in [3.63, 3.8) is 0 Å². The predicted octanol–water partition coefficient (Wildman–Crippen LogP) is 1.72. The molecular formula is C11H7N5O2. The highest BCUT2D eigenvalue weighted by Crippen LogP contribution is 2.17. The van der Waals surface area contributed by atoms with Gasteiger partial charge in [0.15, 0.2) is 5.65 Å². The molecule has 3 rings (SSSR count). The SMILES string of the molecule is O=[N+]([O-])c1ccc(-n2nnc3cccnc32)cc1. The lowest BCUT2D eigenvalue weighted by Gasteiger charge is -2.00. The highest BCUT2D eigenvalue weighted by molar-refractivity contribution is 5.71. The van der Waals surface area contributed by atoms with E-state index in [4.69, 9.17) is 0 Å². The number of hydrogen-bond donors (Lipinski definition) is 0. The smallest absolute Gasteiger partial charge is 0.258 e. The van der Waals surface area contributed by atoms with Crippen LogP contribution in [0.5, 0.6) is 0 Å². The summed E-state index contributed by atoms with van der Waals surface area (Å²) < 4.78 is 1.54. The van der Waals surface area contributed by atoms with Crippen LogP contribution in [0.3, 0.4) is 0 Å². The minimum Gasteiger partial charge on any atom is -0.258 e. The van der Waals surface area contributed by atoms with E-state index in [0.29, 0.717) is 16.9 Å². The number of hydrogen-bond acceptors (Lipinski definition) is 5. The van der Waals surface area contributed by atoms with Crippen molar-refractivity contribution in [2.75, 3.05) is 0 Å². The summed E-state index contributed by atoms with van der Waals surface area (Å²) in [5.74, 6) is 0. The fourth-order valence-corrected chi connectivity index (χ4v) is 1.65. The second-order valence-corrected chi connectivity index (χ2v) is 3.62. The summed E-state index contributed by atoms with van der Waals surface area (Å²) >= 11 is 0. The normalized spacial score (nSPS) is 10.7. The van der Waals surface area contributed by atoms with Crippen molar-refractivity contribution in [2.24, 2.45) is 0 Å². The van der Waals surface area contributed by atoms with Gasteiger partial charge in [0.05, 0.1) is 10.6 Å². The zero-order valence-corrected chi connectivity index (χ0v) is 9.09. The molecular weight excluding hydrogens is 234 g/mol. The Morgan fingerprint density at radius 1 is 1.17 bits per heavy atom. The monoisotopic (exact) mass is 241 g/mol. The highest BCUT2D eigenvalue weighted by Gasteiger charge is 2.09. The van der Waals surface area contributed by atoms with Crippen LogP contribution >= 0.6 is 0 Å². The molecule has 3 aromatic rings. The summed E-state index contributed by atoms with van der Waals surface area (Å²) in [6, 6.07) is 9.65. The number of nitrogens with zero attached hydrogens (tertiary/aromatic N) is 5. The molecule has 0 aliphatic rings. The lowest BCUT2D eigenvalue weighted by molar-refractivity contribution is -0.384. The summed E-state index contributed by atoms with van der Waals surface area (Å²) in [5.41, 5.74) is 2.01. The first-order valence-corrected chi connectivity index (χ1v) is 5.17. The van der Waals surface area contributed by atoms with Gasteiger partial charge in [-0.2, -0.15) is 4.68 Å². The second-order valence-electron chi connectivity index (χ2n) is 3.62. The number of non-ortho nitro benzene ring substituents is 1. The van der Waals surface area contributed by atoms with Crippen LogP contribution < -0.4 is 0 Å². The number of rotatable bonds is 2. The Labute approximate surface area is 101 Å². The van der Waals surface area contributed by atoms with Gasteiger partial charge in [-0.1, -0.05) is 5.21 Å². The van der Waals surface area contributed by atoms with Crippen LogP contribution in [0.2, 0.25) is 0 Å². The Bertz CT molecular complexity index is 720. The molecule has 0 spiro atoms. The quantitative estimate of drug-likeness (QED) is 0.503. The molecule has 0 aliphatic heterocycles. The maximum absolute atomic E-state index is 10.6. The first-order chi connectivity index (χ1) is 8.75. The van der Waals surface area contributed by atoms with Crippen molar-refractivity contribution in [1.29, 1.82) is 0 Å². The number of nitro groups is 1. The number of pyridine rings is 1. The predicted molar refractivity (Wildman–Crippen MR) is 63.3 cm³/mol. The Balaban J connectivity index is 2.12. The molecule has 1 aromatic carbocycles. The molecule has 0 radical (unpaired) electrons. The molecule has 18 heavy (non-hydrogen) atoms. The summed E-state index contributed by atoms with van der Waals surface area (Å²) in [6.45, 7) is 0. The molecule has 0 bridgehead atoms. The molecule has 0 atom stereocenters. The van der Waals surface area contributed by atoms with Crippen LogP contribution in [-0.2, 0) is 0 Å². The van der Waals surface area contributed by atoms with Crippen LogP contribution in [0.15, 0.2) is 42.6 Å². The fraction of sp³-hybridized carbons (Fsp3) is 0. The van der Waals surface area contributed by atoms with Gasteiger partial charge in [-0.05, 0) is 24.3 Å². The van der Waals surface area contributed by atoms with E-state index < -0.39 is 4.92 Å². The third kappa shape index (κ3) is 1.58. The minimum absolute atomic E-state index is 0.0381. The average molecular weight is 241 g/mol. The zero-order chi connectivity index (χ0) is 12.5. The second kappa shape index (κ2) is 3.88. The lowest BCUT2D eigenvalue weighted by atomic mass is 10.3. The molecule has 7 heteroatoms. The first-order valence-electron chi connectivity index (χ1n) is 5.17. The van der Waals surface area contributed by atoms with Crippen molar-refractivity contribution < 1.29 is 4.92 Å². The molecule has 0 amide bonds. The summed E-state index contributed by atoms with van der Waals surface area (Å²) in [6.07, 6.45) is 1.65. The number of benzene rings is 1. The van der Waals surface area contributed by atoms with E-state index >= 15 is 0 Å². The molecule has 0 aliphatic carbocycles. The van der Waals surface area contributed by atoms with Gasteiger partial charge in [0.25, 0.3) is 5.69 Å². The highest BCUT2D eigenvalue weighted by atomic mass is 16.6. The van der Waals surface area contributed by atoms with Crippen LogP contribution in [0.25, 0.3) is 16.9 Å². The van der Waals surface area contributed by atoms with Crippen molar-refractivity contribution in [1.82, 2.24) is 20.0 Å². The minimum atomic E-state index is -0.443. The van der Waals surface area contributed by atoms with Crippen LogP contribution in [0.1, 0.15) is 0 Å². The van der Waals surface area contributed by atoms with Crippen LogP contribution in [0.4, 0.5) is 5.69 Å². The molecule has 0 saturated heterocycles. The molecule has 2 aromatic heterocycles. The molecule has 88 valence electrons. The van der Waals surface area contributed by atoms with Crippen molar-refractivity contribution in [3.05, 3.63) is 52.7 Å². The van der Waals surface area contributed by atoms with Gasteiger partial charge in [-0.3, -0.25) is 10.1 Å². The number of nitro benzene ring substituents is 1. The topological polar surface area (TPSA) is 86.7 Å². The number of aromatic nitrogens is 4. The zero-order valence-electron chi connectivity index (χ0n) is 9.09. The Kier molecular flexibility index (Phi) is 2.23. The van der Waals surface area contributed by atoms with Gasteiger partial charge >= 0.3 is 0 Å². The van der Waals surface area contributed by atoms with E-state index in [-0.39, 0.29) is 5.69 Å². The summed E-state index contributed by atoms with van der Waals surface area (Å²) in [5, 5.41) is 18.5. The molecule has 7 nitrogen and oxygen atoms in total. The maximum Gasteiger partial charge on any atom is 0.269 e. The van der Waals surface area contributed by atoms with Gasteiger partial charge < -0.3 is 0 Å². The molecule has 0 unspecified atom stereocenters. The van der Waals surface area contributed by atoms with E-state index in [1.54, 1.807) is 35.1 Å². The van der Waals surface area contributed by atoms with E-state index in [9.17, 15) is 10.1 Å². The van der Waals surface area contributed by atoms with Crippen molar-refractivity contribution in [3.8, 4) is 5.69 Å². The van der Waals surface area contributed by atoms with E-state index in [1.807, 2.05) is 0 Å². The fourth-order valence-electron chi connectivity index (χ4n) is 1.65. The Hall–Kier alpha value is -2.83. The van der Waals surface area contributed by atoms with Gasteiger partial charge in [0.1, 0.15) is 5.52 Å². The van der Waals surface area contributed by atoms with Gasteiger partial charge in [-0.15, -0.1) is 5.10 Å². The molecule has 0 fully saturated rings. The van der Waals surface area contributed by atoms with Crippen molar-refractivity contribution >= 4 is 16.9 Å². The molecule has 2 heterocycles. The third-order valence-corrected chi connectivity index (χ3v) is 2.51. The molecule has 0 N–H and O–H groups in total. The van der Waals surface area contributed by atoms with E-state index in [1.165, 1.54) is 12.1 Å². The van der Waals surface area contributed by atoms with Crippen LogP contribution in [0, 0.1) is 10.1 Å². The van der Waals surface area contributed by atoms with Gasteiger partial charge in [0.2, 0.25) is 0 Å². The van der Waals surface area contributed by atoms with Crippen LogP contribution in [-0.4, -0.2) is 24.9 Å².